The van der Waals surface area contributed by atoms with Crippen LogP contribution in [-0.2, 0) is 9.59 Å². The molecule has 7 N–H and O–H groups in total. The lowest BCUT2D eigenvalue weighted by Crippen LogP contribution is -2.23. The molecule has 39 heavy (non-hydrogen) atoms. The Kier molecular flexibility index (Phi) is 7.75. The van der Waals surface area contributed by atoms with Crippen LogP contribution in [0.4, 0.5) is 34.1 Å². The highest BCUT2D eigenvalue weighted by Gasteiger charge is 2.22. The fourth-order valence-electron chi connectivity index (χ4n) is 4.22. The summed E-state index contributed by atoms with van der Waals surface area (Å²) in [5.74, 6) is -1.48. The van der Waals surface area contributed by atoms with E-state index in [1.54, 1.807) is 6.07 Å². The van der Waals surface area contributed by atoms with Crippen LogP contribution in [0.3, 0.4) is 0 Å². The average Bonchev–Trinajstić information content (AvgIpc) is 3.48. The summed E-state index contributed by atoms with van der Waals surface area (Å²) in [6, 6.07) is 16.4. The first kappa shape index (κ1) is 26.6. The van der Waals surface area contributed by atoms with Gasteiger partial charge in [0.25, 0.3) is 0 Å². The Hall–Kier alpha value is -4.03. The molecule has 0 bridgehead atoms. The third-order valence-electron chi connectivity index (χ3n) is 6.01. The van der Waals surface area contributed by atoms with Gasteiger partial charge in [-0.2, -0.15) is 0 Å². The van der Waals surface area contributed by atoms with Crippen molar-refractivity contribution in [2.45, 2.75) is 24.8 Å². The number of carboxylic acid groups (broad SMARTS) is 1. The number of aromatic carboxylic acids is 1. The number of carboxylic acids is 1. The molecule has 12 heteroatoms. The molecule has 2 unspecified atom stereocenters. The molecule has 5 rings (SSSR count). The number of thioether (sulfide) groups is 2. The lowest BCUT2D eigenvalue weighted by Gasteiger charge is -2.14. The monoisotopic (exact) mass is 564 g/mol. The fourth-order valence-corrected chi connectivity index (χ4v) is 5.84. The van der Waals surface area contributed by atoms with Gasteiger partial charge in [0.15, 0.2) is 0 Å². The van der Waals surface area contributed by atoms with Crippen LogP contribution >= 0.6 is 23.5 Å². The average molecular weight is 565 g/mol. The van der Waals surface area contributed by atoms with E-state index in [1.165, 1.54) is 35.7 Å². The number of hydrogen-bond acceptors (Lipinski definition) is 9. The fraction of sp³-hybridized carbons (Fsp3) is 0.222. The zero-order chi connectivity index (χ0) is 27.5. The molecule has 2 aliphatic rings. The Morgan fingerprint density at radius 2 is 1.13 bits per heavy atom. The highest BCUT2D eigenvalue weighted by atomic mass is 32.2. The van der Waals surface area contributed by atoms with Crippen LogP contribution < -0.4 is 31.9 Å². The molecule has 3 aromatic carbocycles. The number of carbonyl (C=O) groups excluding carboxylic acids is 2. The molecule has 202 valence electrons. The Labute approximate surface area is 234 Å². The van der Waals surface area contributed by atoms with E-state index in [4.69, 9.17) is 0 Å². The standard InChI is InChI=1S/C27H28N6O4S2/c1-14-3-5-19-21(7-14)32-26(30-19)38-12-23(34)28-17-9-16(25(36)37)10-18(11-17)29-24(35)13-39-27-31-20-6-4-15(2)8-22(20)33-27/h3-11,26-27,30-33H,12-13H2,1-2H3,(H,28,34)(H,29,35)(H,36,37). The first-order chi connectivity index (χ1) is 18.7. The topological polar surface area (TPSA) is 144 Å². The molecule has 10 nitrogen and oxygen atoms in total. The van der Waals surface area contributed by atoms with Gasteiger partial charge < -0.3 is 37.0 Å². The molecule has 0 saturated heterocycles. The van der Waals surface area contributed by atoms with E-state index in [0.29, 0.717) is 11.4 Å². The van der Waals surface area contributed by atoms with Gasteiger partial charge in [-0.1, -0.05) is 12.1 Å². The van der Waals surface area contributed by atoms with Gasteiger partial charge in [-0.25, -0.2) is 4.79 Å². The second-order valence-corrected chi connectivity index (χ2v) is 11.4. The summed E-state index contributed by atoms with van der Waals surface area (Å²) in [4.78, 5) is 36.9. The number of carbonyl (C=O) groups is 3. The summed E-state index contributed by atoms with van der Waals surface area (Å²) < 4.78 is 0. The molecule has 3 aromatic rings. The molecule has 0 aliphatic carbocycles. The number of hydrogen-bond donors (Lipinski definition) is 7. The van der Waals surface area contributed by atoms with Crippen molar-refractivity contribution in [1.82, 2.24) is 0 Å². The second-order valence-electron chi connectivity index (χ2n) is 9.26. The minimum absolute atomic E-state index is 0.0432. The molecule has 0 spiro atoms. The van der Waals surface area contributed by atoms with Gasteiger partial charge >= 0.3 is 5.97 Å². The van der Waals surface area contributed by atoms with Crippen molar-refractivity contribution in [3.05, 3.63) is 71.3 Å². The predicted octanol–water partition coefficient (Wildman–Crippen LogP) is 4.99. The maximum absolute atomic E-state index is 12.6. The smallest absolute Gasteiger partial charge is 0.335 e. The predicted molar refractivity (Wildman–Crippen MR) is 160 cm³/mol. The van der Waals surface area contributed by atoms with Crippen LogP contribution in [0.25, 0.3) is 0 Å². The quantitative estimate of drug-likeness (QED) is 0.190. The minimum Gasteiger partial charge on any atom is -0.478 e. The molecular formula is C27H28N6O4S2. The molecule has 0 radical (unpaired) electrons. The zero-order valence-corrected chi connectivity index (χ0v) is 22.9. The number of benzene rings is 3. The molecule has 2 aliphatic heterocycles. The van der Waals surface area contributed by atoms with Crippen molar-refractivity contribution in [1.29, 1.82) is 0 Å². The number of rotatable bonds is 9. The molecule has 2 atom stereocenters. The van der Waals surface area contributed by atoms with E-state index in [-0.39, 0.29) is 39.9 Å². The van der Waals surface area contributed by atoms with Gasteiger partial charge in [0.05, 0.1) is 39.8 Å². The molecule has 0 saturated carbocycles. The van der Waals surface area contributed by atoms with E-state index in [1.807, 2.05) is 50.2 Å². The Bertz CT molecular complexity index is 1350. The second kappa shape index (κ2) is 11.4. The van der Waals surface area contributed by atoms with Gasteiger partial charge in [-0.05, 0) is 67.4 Å². The van der Waals surface area contributed by atoms with E-state index in [9.17, 15) is 19.5 Å². The maximum Gasteiger partial charge on any atom is 0.335 e. The third kappa shape index (κ3) is 6.70. The summed E-state index contributed by atoms with van der Waals surface area (Å²) in [6.07, 6.45) is 0. The summed E-state index contributed by atoms with van der Waals surface area (Å²) in [5.41, 5.74) is 6.42. The van der Waals surface area contributed by atoms with Crippen molar-refractivity contribution in [2.24, 2.45) is 0 Å². The first-order valence-electron chi connectivity index (χ1n) is 12.2. The van der Waals surface area contributed by atoms with Crippen LogP contribution in [0.1, 0.15) is 21.5 Å². The number of amides is 2. The van der Waals surface area contributed by atoms with Crippen LogP contribution in [-0.4, -0.2) is 45.4 Å². The van der Waals surface area contributed by atoms with Crippen molar-refractivity contribution in [3.8, 4) is 0 Å². The van der Waals surface area contributed by atoms with Gasteiger partial charge in [-0.15, -0.1) is 23.5 Å². The summed E-state index contributed by atoms with van der Waals surface area (Å²) in [5, 5.41) is 28.3. The van der Waals surface area contributed by atoms with Crippen molar-refractivity contribution >= 4 is 75.4 Å². The highest BCUT2D eigenvalue weighted by molar-refractivity contribution is 8.01. The Morgan fingerprint density at radius 1 is 0.692 bits per heavy atom. The Morgan fingerprint density at radius 3 is 1.56 bits per heavy atom. The summed E-state index contributed by atoms with van der Waals surface area (Å²) >= 11 is 2.76. The lowest BCUT2D eigenvalue weighted by molar-refractivity contribution is -0.114. The summed E-state index contributed by atoms with van der Waals surface area (Å²) in [7, 11) is 0. The van der Waals surface area contributed by atoms with Crippen LogP contribution in [0.15, 0.2) is 54.6 Å². The number of anilines is 6. The molecule has 0 aromatic heterocycles. The van der Waals surface area contributed by atoms with Crippen molar-refractivity contribution in [3.63, 3.8) is 0 Å². The van der Waals surface area contributed by atoms with E-state index in [2.05, 4.69) is 31.9 Å². The van der Waals surface area contributed by atoms with Gasteiger partial charge in [0, 0.05) is 11.4 Å². The van der Waals surface area contributed by atoms with Gasteiger partial charge in [0.1, 0.15) is 11.0 Å². The molecule has 2 heterocycles. The Balaban J connectivity index is 1.13. The van der Waals surface area contributed by atoms with Gasteiger partial charge in [0.2, 0.25) is 11.8 Å². The number of aryl methyl sites for hydroxylation is 2. The SMILES string of the molecule is Cc1ccc2c(c1)NC(SCC(=O)Nc1cc(NC(=O)CSC3Nc4ccc(C)cc4N3)cc(C(=O)O)c1)N2. The first-order valence-corrected chi connectivity index (χ1v) is 14.3. The molecule has 2 amide bonds. The number of fused-ring (bicyclic) bond motifs is 2. The van der Waals surface area contributed by atoms with Crippen LogP contribution in [0.2, 0.25) is 0 Å². The largest absolute Gasteiger partial charge is 0.478 e. The zero-order valence-electron chi connectivity index (χ0n) is 21.3. The van der Waals surface area contributed by atoms with E-state index >= 15 is 0 Å². The maximum atomic E-state index is 12.6. The van der Waals surface area contributed by atoms with Gasteiger partial charge in [-0.3, -0.25) is 9.59 Å². The minimum atomic E-state index is -1.16. The van der Waals surface area contributed by atoms with Crippen molar-refractivity contribution < 1.29 is 19.5 Å². The molecular weight excluding hydrogens is 536 g/mol. The normalized spacial score (nSPS) is 16.6. The number of nitrogens with one attached hydrogen (secondary N) is 6. The summed E-state index contributed by atoms with van der Waals surface area (Å²) in [6.45, 7) is 4.03. The third-order valence-corrected chi connectivity index (χ3v) is 8.00. The van der Waals surface area contributed by atoms with Crippen LogP contribution in [0, 0.1) is 13.8 Å². The molecule has 0 fully saturated rings. The lowest BCUT2D eigenvalue weighted by atomic mass is 10.1. The van der Waals surface area contributed by atoms with Crippen LogP contribution in [0.5, 0.6) is 0 Å². The van der Waals surface area contributed by atoms with E-state index in [0.717, 1.165) is 33.9 Å². The van der Waals surface area contributed by atoms with Crippen molar-refractivity contribution in [2.75, 3.05) is 43.4 Å². The highest BCUT2D eigenvalue weighted by Crippen LogP contribution is 2.34. The van der Waals surface area contributed by atoms with E-state index < -0.39 is 5.97 Å².